The van der Waals surface area contributed by atoms with E-state index < -0.39 is 21.7 Å². The molecule has 1 aromatic heterocycles. The van der Waals surface area contributed by atoms with Crippen molar-refractivity contribution in [2.24, 2.45) is 15.1 Å². The van der Waals surface area contributed by atoms with Crippen LogP contribution in [0.2, 0.25) is 0 Å². The molecule has 0 saturated carbocycles. The summed E-state index contributed by atoms with van der Waals surface area (Å²) in [6.45, 7) is 0. The molecule has 0 atom stereocenters. The van der Waals surface area contributed by atoms with Crippen molar-refractivity contribution >= 4 is 38.5 Å². The zero-order valence-corrected chi connectivity index (χ0v) is 18.8. The van der Waals surface area contributed by atoms with Gasteiger partial charge < -0.3 is 5.11 Å². The number of fused-ring (bicyclic) bond motifs is 1. The maximum absolute atomic E-state index is 14.2. The first-order valence-electron chi connectivity index (χ1n) is 9.84. The number of carbonyl (C=O) groups is 1. The summed E-state index contributed by atoms with van der Waals surface area (Å²) in [7, 11) is -3.86. The first-order chi connectivity index (χ1) is 16.2. The largest absolute Gasteiger partial charge is 0.493 e. The highest BCUT2D eigenvalue weighted by Crippen LogP contribution is 2.31. The zero-order chi connectivity index (χ0) is 24.0. The second-order valence-electron chi connectivity index (χ2n) is 7.29. The molecule has 0 saturated heterocycles. The molecule has 3 aromatic carbocycles. The fraction of sp³-hybridized carbons (Fsp3) is 0. The molecular weight excluding hydrogens is 479 g/mol. The molecule has 1 aliphatic heterocycles. The molecule has 170 valence electrons. The number of thiazole rings is 1. The van der Waals surface area contributed by atoms with Crippen LogP contribution in [-0.2, 0) is 14.8 Å². The lowest BCUT2D eigenvalue weighted by atomic mass is 10.1. The molecule has 0 aliphatic carbocycles. The van der Waals surface area contributed by atoms with Gasteiger partial charge in [0.15, 0.2) is 4.80 Å². The molecule has 0 spiro atoms. The van der Waals surface area contributed by atoms with E-state index >= 15 is 0 Å². The molecule has 34 heavy (non-hydrogen) atoms. The fourth-order valence-corrected chi connectivity index (χ4v) is 5.18. The smallest absolute Gasteiger partial charge is 0.279 e. The van der Waals surface area contributed by atoms with Gasteiger partial charge in [0.1, 0.15) is 16.1 Å². The summed E-state index contributed by atoms with van der Waals surface area (Å²) in [6, 6.07) is 18.7. The monoisotopic (exact) mass is 494 g/mol. The standard InChI is InChI=1S/C23H15FN4O4S2/c24-17-8-4-7-16-18(21(29)27-19(16)17)20-22(30)28(14-5-2-1-3-6-14)23(33-20)26-13-9-11-15(12-10-13)34(25,31)32/h1-12,30H,(H2,25,31,32). The number of carbonyl (C=O) groups excluding carboxylic acids is 1. The summed E-state index contributed by atoms with van der Waals surface area (Å²) in [4.78, 5) is 21.5. The van der Waals surface area contributed by atoms with Crippen LogP contribution in [0.25, 0.3) is 11.3 Å². The second-order valence-corrected chi connectivity index (χ2v) is 9.83. The minimum atomic E-state index is -3.86. The summed E-state index contributed by atoms with van der Waals surface area (Å²) in [5.74, 6) is -1.56. The van der Waals surface area contributed by atoms with E-state index in [0.717, 1.165) is 11.3 Å². The molecule has 2 heterocycles. The van der Waals surface area contributed by atoms with Crippen molar-refractivity contribution in [3.05, 3.63) is 98.9 Å². The van der Waals surface area contributed by atoms with E-state index in [1.807, 2.05) is 6.07 Å². The average molecular weight is 495 g/mol. The van der Waals surface area contributed by atoms with Gasteiger partial charge in [0, 0.05) is 5.22 Å². The van der Waals surface area contributed by atoms with Crippen molar-refractivity contribution in [1.29, 1.82) is 0 Å². The van der Waals surface area contributed by atoms with Gasteiger partial charge in [0.25, 0.3) is 5.91 Å². The van der Waals surface area contributed by atoms with Crippen LogP contribution in [0.1, 0.15) is 4.88 Å². The van der Waals surface area contributed by atoms with Crippen LogP contribution in [0.3, 0.4) is 0 Å². The van der Waals surface area contributed by atoms with Crippen LogP contribution in [0.4, 0.5) is 10.1 Å². The number of sulfonamides is 1. The van der Waals surface area contributed by atoms with Gasteiger partial charge in [-0.05, 0) is 42.5 Å². The first-order valence-corrected chi connectivity index (χ1v) is 12.2. The Morgan fingerprint density at radius 3 is 2.38 bits per heavy atom. The van der Waals surface area contributed by atoms with E-state index in [4.69, 9.17) is 5.14 Å². The van der Waals surface area contributed by atoms with Gasteiger partial charge >= 0.3 is 0 Å². The molecule has 3 N–H and O–H groups in total. The van der Waals surface area contributed by atoms with E-state index in [1.54, 1.807) is 30.3 Å². The number of primary sulfonamides is 1. The molecule has 8 nitrogen and oxygen atoms in total. The highest BCUT2D eigenvalue weighted by atomic mass is 32.2. The van der Waals surface area contributed by atoms with Crippen LogP contribution in [0.15, 0.2) is 87.7 Å². The molecular formula is C23H15FN4O4S2. The van der Waals surface area contributed by atoms with Gasteiger partial charge in [-0.15, -0.1) is 0 Å². The third kappa shape index (κ3) is 3.75. The quantitative estimate of drug-likeness (QED) is 0.447. The Hall–Kier alpha value is -3.93. The van der Waals surface area contributed by atoms with Crippen molar-refractivity contribution in [2.45, 2.75) is 4.90 Å². The summed E-state index contributed by atoms with van der Waals surface area (Å²) in [6.07, 6.45) is 0. The number of aromatic hydroxyl groups is 1. The van der Waals surface area contributed by atoms with Gasteiger partial charge in [0.05, 0.1) is 21.8 Å². The number of aromatic nitrogens is 1. The highest BCUT2D eigenvalue weighted by Gasteiger charge is 2.27. The Balaban J connectivity index is 1.78. The summed E-state index contributed by atoms with van der Waals surface area (Å²) in [5, 5.41) is 16.5. The number of nitrogens with two attached hydrogens (primary N) is 1. The fourth-order valence-electron chi connectivity index (χ4n) is 3.56. The van der Waals surface area contributed by atoms with Crippen LogP contribution in [0.5, 0.6) is 5.88 Å². The molecule has 5 rings (SSSR count). The van der Waals surface area contributed by atoms with E-state index in [0.29, 0.717) is 16.2 Å². The van der Waals surface area contributed by atoms with Gasteiger partial charge in [-0.25, -0.2) is 27.9 Å². The number of amides is 1. The molecule has 1 amide bonds. The zero-order valence-electron chi connectivity index (χ0n) is 17.2. The lowest BCUT2D eigenvalue weighted by molar-refractivity contribution is -0.112. The maximum atomic E-state index is 14.2. The Kier molecular flexibility index (Phi) is 5.24. The number of hydrogen-bond donors (Lipinski definition) is 2. The van der Waals surface area contributed by atoms with Crippen molar-refractivity contribution in [1.82, 2.24) is 4.57 Å². The number of nitrogens with zero attached hydrogens (tertiary/aromatic N) is 3. The summed E-state index contributed by atoms with van der Waals surface area (Å²) >= 11 is 1.02. The lowest BCUT2D eigenvalue weighted by Gasteiger charge is -2.05. The van der Waals surface area contributed by atoms with Crippen LogP contribution in [-0.4, -0.2) is 24.0 Å². The van der Waals surface area contributed by atoms with Gasteiger partial charge in [-0.2, -0.15) is 0 Å². The second kappa shape index (κ2) is 8.13. The van der Waals surface area contributed by atoms with Crippen LogP contribution in [0, 0.1) is 5.82 Å². The predicted octanol–water partition coefficient (Wildman–Crippen LogP) is 1.62. The first kappa shape index (κ1) is 21.9. The summed E-state index contributed by atoms with van der Waals surface area (Å²) in [5.41, 5.74) is 1.04. The molecule has 1 aliphatic rings. The van der Waals surface area contributed by atoms with Gasteiger partial charge in [-0.3, -0.25) is 9.36 Å². The Labute approximate surface area is 196 Å². The third-order valence-corrected chi connectivity index (χ3v) is 7.09. The number of benzene rings is 3. The number of halogens is 1. The normalized spacial score (nSPS) is 13.8. The average Bonchev–Trinajstić information content (AvgIpc) is 3.30. The maximum Gasteiger partial charge on any atom is 0.279 e. The molecule has 0 bridgehead atoms. The topological polar surface area (TPSA) is 127 Å². The molecule has 4 aromatic rings. The van der Waals surface area contributed by atoms with E-state index in [9.17, 15) is 22.7 Å². The molecule has 0 fully saturated rings. The Bertz CT molecular complexity index is 1760. The molecule has 11 heteroatoms. The minimum absolute atomic E-state index is 0.0653. The van der Waals surface area contributed by atoms with Crippen molar-refractivity contribution in [3.8, 4) is 11.6 Å². The van der Waals surface area contributed by atoms with Crippen LogP contribution < -0.4 is 20.5 Å². The van der Waals surface area contributed by atoms with Gasteiger partial charge in [-0.1, -0.05) is 41.7 Å². The highest BCUT2D eigenvalue weighted by molar-refractivity contribution is 7.89. The Morgan fingerprint density at radius 1 is 1.00 bits per heavy atom. The van der Waals surface area contributed by atoms with Crippen LogP contribution >= 0.6 is 11.3 Å². The van der Waals surface area contributed by atoms with E-state index in [1.165, 1.54) is 41.0 Å². The SMILES string of the molecule is NS(=O)(=O)c1ccc(N=c2sc(C3=c4cccc(F)c4=NC3=O)c(O)n2-c2ccccc2)cc1. The summed E-state index contributed by atoms with van der Waals surface area (Å²) < 4.78 is 38.7. The van der Waals surface area contributed by atoms with Crippen molar-refractivity contribution < 1.29 is 22.7 Å². The lowest BCUT2D eigenvalue weighted by Crippen LogP contribution is -2.26. The Morgan fingerprint density at radius 2 is 1.71 bits per heavy atom. The number of para-hydroxylation sites is 2. The number of hydrogen-bond acceptors (Lipinski definition) is 6. The third-order valence-electron chi connectivity index (χ3n) is 5.11. The minimum Gasteiger partial charge on any atom is -0.493 e. The van der Waals surface area contributed by atoms with Gasteiger partial charge in [0.2, 0.25) is 15.9 Å². The van der Waals surface area contributed by atoms with E-state index in [2.05, 4.69) is 9.98 Å². The molecule has 0 unspecified atom stereocenters. The van der Waals surface area contributed by atoms with Crippen molar-refractivity contribution in [2.75, 3.05) is 0 Å². The molecule has 0 radical (unpaired) electrons. The predicted molar refractivity (Wildman–Crippen MR) is 123 cm³/mol. The van der Waals surface area contributed by atoms with Crippen molar-refractivity contribution in [3.63, 3.8) is 0 Å². The van der Waals surface area contributed by atoms with E-state index in [-0.39, 0.29) is 31.8 Å². The number of rotatable bonds is 4.